The minimum absolute atomic E-state index is 0.157. The SMILES string of the molecule is C[C@@H](c1nc(-c2cccnc2)no1)n1ccnc1-c1cnc(N(C)C)s1. The fraction of sp³-hybridized carbons (Fsp3) is 0.235. The zero-order valence-electron chi connectivity index (χ0n) is 14.6. The normalized spacial score (nSPS) is 12.3. The van der Waals surface area contributed by atoms with Crippen molar-refractivity contribution in [3.8, 4) is 22.1 Å². The fourth-order valence-electron chi connectivity index (χ4n) is 2.53. The first-order valence-corrected chi connectivity index (χ1v) is 8.85. The third-order valence-corrected chi connectivity index (χ3v) is 5.06. The molecule has 0 saturated carbocycles. The van der Waals surface area contributed by atoms with Crippen LogP contribution in [0.4, 0.5) is 5.13 Å². The van der Waals surface area contributed by atoms with Gasteiger partial charge in [-0.3, -0.25) is 4.98 Å². The van der Waals surface area contributed by atoms with Crippen LogP contribution in [-0.2, 0) is 0 Å². The average molecular weight is 367 g/mol. The van der Waals surface area contributed by atoms with Crippen molar-refractivity contribution >= 4 is 16.5 Å². The molecule has 4 aromatic rings. The number of hydrogen-bond donors (Lipinski definition) is 0. The molecular weight excluding hydrogens is 350 g/mol. The van der Waals surface area contributed by atoms with E-state index in [9.17, 15) is 0 Å². The molecule has 0 bridgehead atoms. The average Bonchev–Trinajstić information content (AvgIpc) is 3.41. The maximum atomic E-state index is 5.48. The molecule has 132 valence electrons. The van der Waals surface area contributed by atoms with Gasteiger partial charge in [0.05, 0.1) is 11.1 Å². The quantitative estimate of drug-likeness (QED) is 0.535. The number of aromatic nitrogens is 6. The summed E-state index contributed by atoms with van der Waals surface area (Å²) in [6.07, 6.45) is 8.92. The molecule has 0 spiro atoms. The number of imidazole rings is 1. The van der Waals surface area contributed by atoms with Crippen molar-refractivity contribution < 1.29 is 4.52 Å². The molecule has 4 heterocycles. The molecular formula is C17H17N7OS. The summed E-state index contributed by atoms with van der Waals surface area (Å²) in [4.78, 5) is 20.5. The van der Waals surface area contributed by atoms with Crippen LogP contribution in [0.25, 0.3) is 22.1 Å². The van der Waals surface area contributed by atoms with E-state index in [2.05, 4.69) is 25.1 Å². The van der Waals surface area contributed by atoms with Crippen molar-refractivity contribution in [2.75, 3.05) is 19.0 Å². The zero-order chi connectivity index (χ0) is 18.1. The molecule has 0 aliphatic carbocycles. The van der Waals surface area contributed by atoms with Gasteiger partial charge in [-0.2, -0.15) is 4.98 Å². The van der Waals surface area contributed by atoms with Gasteiger partial charge in [0, 0.05) is 44.4 Å². The first-order valence-electron chi connectivity index (χ1n) is 8.04. The molecule has 0 aliphatic heterocycles. The zero-order valence-corrected chi connectivity index (χ0v) is 15.4. The second kappa shape index (κ2) is 6.68. The first-order chi connectivity index (χ1) is 12.6. The summed E-state index contributed by atoms with van der Waals surface area (Å²) >= 11 is 1.58. The summed E-state index contributed by atoms with van der Waals surface area (Å²) in [5, 5.41) is 5.00. The Morgan fingerprint density at radius 1 is 1.19 bits per heavy atom. The highest BCUT2D eigenvalue weighted by atomic mass is 32.1. The Kier molecular flexibility index (Phi) is 4.21. The highest BCUT2D eigenvalue weighted by Gasteiger charge is 2.21. The van der Waals surface area contributed by atoms with Gasteiger partial charge in [0.25, 0.3) is 0 Å². The van der Waals surface area contributed by atoms with E-state index in [1.807, 2.05) is 55.0 Å². The predicted molar refractivity (Wildman–Crippen MR) is 99.0 cm³/mol. The summed E-state index contributed by atoms with van der Waals surface area (Å²) in [5.41, 5.74) is 0.818. The van der Waals surface area contributed by atoms with Gasteiger partial charge in [-0.25, -0.2) is 9.97 Å². The van der Waals surface area contributed by atoms with Gasteiger partial charge in [0.15, 0.2) is 11.0 Å². The molecule has 0 radical (unpaired) electrons. The van der Waals surface area contributed by atoms with Gasteiger partial charge in [-0.15, -0.1) is 0 Å². The molecule has 1 atom stereocenters. The topological polar surface area (TPSA) is 85.8 Å². The maximum Gasteiger partial charge on any atom is 0.249 e. The molecule has 0 aromatic carbocycles. The lowest BCUT2D eigenvalue weighted by Gasteiger charge is -2.11. The van der Waals surface area contributed by atoms with Crippen molar-refractivity contribution in [1.82, 2.24) is 29.7 Å². The Labute approximate surface area is 154 Å². The lowest BCUT2D eigenvalue weighted by atomic mass is 10.2. The van der Waals surface area contributed by atoms with E-state index >= 15 is 0 Å². The van der Waals surface area contributed by atoms with Crippen LogP contribution < -0.4 is 4.90 Å². The van der Waals surface area contributed by atoms with Gasteiger partial charge in [0.1, 0.15) is 6.04 Å². The summed E-state index contributed by atoms with van der Waals surface area (Å²) in [6.45, 7) is 2.00. The number of thiazole rings is 1. The van der Waals surface area contributed by atoms with Crippen LogP contribution in [0, 0.1) is 0 Å². The molecule has 0 unspecified atom stereocenters. The molecule has 8 nitrogen and oxygen atoms in total. The van der Waals surface area contributed by atoms with E-state index in [0.717, 1.165) is 21.4 Å². The smallest absolute Gasteiger partial charge is 0.249 e. The Bertz CT molecular complexity index is 1000. The molecule has 0 amide bonds. The van der Waals surface area contributed by atoms with Crippen molar-refractivity contribution in [3.05, 3.63) is 49.0 Å². The predicted octanol–water partition coefficient (Wildman–Crippen LogP) is 3.13. The van der Waals surface area contributed by atoms with Crippen molar-refractivity contribution in [3.63, 3.8) is 0 Å². The molecule has 9 heteroatoms. The second-order valence-corrected chi connectivity index (χ2v) is 6.94. The van der Waals surface area contributed by atoms with Crippen LogP contribution in [0.3, 0.4) is 0 Å². The Hall–Kier alpha value is -3.07. The molecule has 0 N–H and O–H groups in total. The van der Waals surface area contributed by atoms with Crippen LogP contribution in [0.5, 0.6) is 0 Å². The van der Waals surface area contributed by atoms with Gasteiger partial charge in [0.2, 0.25) is 11.7 Å². The Balaban J connectivity index is 1.64. The van der Waals surface area contributed by atoms with E-state index < -0.39 is 0 Å². The fourth-order valence-corrected chi connectivity index (χ4v) is 3.37. The summed E-state index contributed by atoms with van der Waals surface area (Å²) in [7, 11) is 3.94. The lowest BCUT2D eigenvalue weighted by Crippen LogP contribution is -2.08. The van der Waals surface area contributed by atoms with Crippen molar-refractivity contribution in [1.29, 1.82) is 0 Å². The number of rotatable bonds is 5. The lowest BCUT2D eigenvalue weighted by molar-refractivity contribution is 0.346. The summed E-state index contributed by atoms with van der Waals surface area (Å²) in [5.74, 6) is 1.86. The van der Waals surface area contributed by atoms with Crippen LogP contribution >= 0.6 is 11.3 Å². The second-order valence-electron chi connectivity index (χ2n) is 5.93. The monoisotopic (exact) mass is 367 g/mol. The van der Waals surface area contributed by atoms with E-state index in [4.69, 9.17) is 4.52 Å². The van der Waals surface area contributed by atoms with E-state index in [1.165, 1.54) is 0 Å². The molecule has 0 aliphatic rings. The third-order valence-electron chi connectivity index (χ3n) is 3.90. The molecule has 0 saturated heterocycles. The van der Waals surface area contributed by atoms with Crippen LogP contribution in [0.2, 0.25) is 0 Å². The van der Waals surface area contributed by atoms with Crippen molar-refractivity contribution in [2.24, 2.45) is 0 Å². The largest absolute Gasteiger partial charge is 0.354 e. The minimum atomic E-state index is -0.157. The standard InChI is InChI=1S/C17H17N7OS/c1-11(16-21-14(22-25-16)12-5-4-6-18-9-12)24-8-7-19-15(24)13-10-20-17(26-13)23(2)3/h4-11H,1-3H3/t11-/m0/s1. The van der Waals surface area contributed by atoms with Crippen LogP contribution in [0.1, 0.15) is 18.9 Å². The molecule has 4 rings (SSSR count). The van der Waals surface area contributed by atoms with E-state index in [0.29, 0.717) is 11.7 Å². The number of anilines is 1. The Morgan fingerprint density at radius 3 is 2.81 bits per heavy atom. The molecule has 4 aromatic heterocycles. The van der Waals surface area contributed by atoms with Crippen LogP contribution in [0.15, 0.2) is 47.6 Å². The van der Waals surface area contributed by atoms with Crippen molar-refractivity contribution in [2.45, 2.75) is 13.0 Å². The van der Waals surface area contributed by atoms with E-state index in [-0.39, 0.29) is 6.04 Å². The first kappa shape index (κ1) is 16.4. The minimum Gasteiger partial charge on any atom is -0.354 e. The van der Waals surface area contributed by atoms with Gasteiger partial charge in [-0.05, 0) is 19.1 Å². The summed E-state index contributed by atoms with van der Waals surface area (Å²) in [6, 6.07) is 3.58. The molecule has 26 heavy (non-hydrogen) atoms. The third kappa shape index (κ3) is 2.97. The molecule has 0 fully saturated rings. The summed E-state index contributed by atoms with van der Waals surface area (Å²) < 4.78 is 7.49. The highest BCUT2D eigenvalue weighted by Crippen LogP contribution is 2.32. The van der Waals surface area contributed by atoms with E-state index in [1.54, 1.807) is 29.9 Å². The Morgan fingerprint density at radius 2 is 2.08 bits per heavy atom. The number of pyridine rings is 1. The van der Waals surface area contributed by atoms with Crippen LogP contribution in [-0.4, -0.2) is 43.8 Å². The maximum absolute atomic E-state index is 5.48. The van der Waals surface area contributed by atoms with Gasteiger partial charge < -0.3 is 14.0 Å². The number of nitrogens with zero attached hydrogens (tertiary/aromatic N) is 7. The highest BCUT2D eigenvalue weighted by molar-refractivity contribution is 7.18. The number of hydrogen-bond acceptors (Lipinski definition) is 8. The van der Waals surface area contributed by atoms with Gasteiger partial charge >= 0.3 is 0 Å². The van der Waals surface area contributed by atoms with Gasteiger partial charge in [-0.1, -0.05) is 16.5 Å².